The first-order valence-corrected chi connectivity index (χ1v) is 32.1. The molecule has 2 aromatic carbocycles. The van der Waals surface area contributed by atoms with Crippen molar-refractivity contribution in [2.24, 2.45) is 35.5 Å². The number of nitrogens with zero attached hydrogens (tertiary/aromatic N) is 6. The second kappa shape index (κ2) is 31.1. The van der Waals surface area contributed by atoms with Gasteiger partial charge in [0.15, 0.2) is 5.97 Å². The van der Waals surface area contributed by atoms with Crippen LogP contribution in [0.2, 0.25) is 0 Å². The van der Waals surface area contributed by atoms with E-state index in [1.54, 1.807) is 40.2 Å². The van der Waals surface area contributed by atoms with Gasteiger partial charge in [0.05, 0.1) is 63.7 Å². The SMILES string of the molecule is CCOC(=O)Cc1ccc(COC[C@@H]2C[C@@H]2C2CCN(c3ncc(COC)cn3)CC2)cc1F.COCc1cnc(N2CCC([C@H]3C[C@H]3COCc3ccc(Br)c(F)c3)CC2)nc1.[CH2-]C(=O)OCC.[Zn+][Br]. The third kappa shape index (κ3) is 19.6. The van der Waals surface area contributed by atoms with Gasteiger partial charge in [-0.25, -0.2) is 28.7 Å². The minimum absolute atomic E-state index is 0.0470. The van der Waals surface area contributed by atoms with Gasteiger partial charge in [-0.05, 0) is 139 Å². The predicted molar refractivity (Wildman–Crippen MR) is 270 cm³/mol. The van der Waals surface area contributed by atoms with Crippen molar-refractivity contribution in [2.45, 2.75) is 85.2 Å². The topological polar surface area (TPSA) is 148 Å². The van der Waals surface area contributed by atoms with E-state index in [9.17, 15) is 18.4 Å². The average Bonchev–Trinajstić information content (AvgIpc) is 4.32. The normalized spacial score (nSPS) is 19.5. The van der Waals surface area contributed by atoms with Crippen molar-refractivity contribution >= 4 is 53.4 Å². The van der Waals surface area contributed by atoms with Gasteiger partial charge in [0.1, 0.15) is 11.6 Å². The van der Waals surface area contributed by atoms with E-state index < -0.39 is 11.9 Å². The minimum atomic E-state index is -0.461. The summed E-state index contributed by atoms with van der Waals surface area (Å²) in [5.41, 5.74) is 4.00. The van der Waals surface area contributed by atoms with Crippen molar-refractivity contribution in [2.75, 3.05) is 76.6 Å². The van der Waals surface area contributed by atoms with Gasteiger partial charge in [-0.15, -0.1) is 0 Å². The van der Waals surface area contributed by atoms with Crippen LogP contribution in [-0.4, -0.2) is 98.7 Å². The van der Waals surface area contributed by atoms with Crippen LogP contribution in [0.5, 0.6) is 0 Å². The number of methoxy groups -OCH3 is 2. The molecule has 8 rings (SSSR count). The Morgan fingerprint density at radius 3 is 1.48 bits per heavy atom. The van der Waals surface area contributed by atoms with E-state index in [0.29, 0.717) is 68.1 Å². The summed E-state index contributed by atoms with van der Waals surface area (Å²) < 4.78 is 59.5. The zero-order valence-electron chi connectivity index (χ0n) is 41.5. The van der Waals surface area contributed by atoms with Crippen molar-refractivity contribution in [1.29, 1.82) is 0 Å². The van der Waals surface area contributed by atoms with Gasteiger partial charge >= 0.3 is 35.9 Å². The Labute approximate surface area is 443 Å². The molecule has 2 saturated carbocycles. The standard InChI is InChI=1S/C26H34FN3O4.C22H27BrFN3O2.C4H7O2.BrH.Zn/c1-3-34-25(31)12-21-5-4-18(10-24(21)27)16-33-17-22-11-23(22)20-6-8-30(9-7-20)26-28-13-19(14-29-26)15-32-2;1-28-12-16-10-25-22(26-11-16)27-6-4-17(5-7-27)19-9-18(19)14-29-13-15-2-3-20(23)21(24)8-15;1-3-6-4(2)5;;/h4-5,10,13-14,20,22-23H,3,6-9,11-12,15-17H2,1-2H3;2-3,8,10-11,17-19H,4-7,9,12-14H2,1H3;2-3H2,1H3;1H;/q;;-1;;+2/p-1/t22-,23+;18-,19+;;;/m00.../s1. The summed E-state index contributed by atoms with van der Waals surface area (Å²) in [4.78, 5) is 43.8. The van der Waals surface area contributed by atoms with Crippen molar-refractivity contribution in [3.63, 3.8) is 0 Å². The number of esters is 2. The summed E-state index contributed by atoms with van der Waals surface area (Å²) in [6, 6.07) is 10.1. The van der Waals surface area contributed by atoms with Gasteiger partial charge in [-0.3, -0.25) is 16.5 Å². The van der Waals surface area contributed by atoms with Crippen LogP contribution in [0.4, 0.5) is 20.7 Å². The molecule has 0 bridgehead atoms. The Hall–Kier alpha value is -3.71. The Morgan fingerprint density at radius 1 is 0.662 bits per heavy atom. The fraction of sp³-hybridized carbons (Fsp3) is 0.558. The van der Waals surface area contributed by atoms with Crippen LogP contribution in [-0.2, 0) is 87.2 Å². The maximum atomic E-state index is 14.3. The van der Waals surface area contributed by atoms with Gasteiger partial charge in [0.2, 0.25) is 11.9 Å². The molecule has 4 atom stereocenters. The van der Waals surface area contributed by atoms with Gasteiger partial charge < -0.3 is 38.2 Å². The zero-order valence-corrected chi connectivity index (χ0v) is 47.7. The molecule has 4 aromatic rings. The third-order valence-electron chi connectivity index (χ3n) is 13.1. The number of carbonyl (C=O) groups excluding carboxylic acids is 2. The van der Waals surface area contributed by atoms with E-state index in [4.69, 9.17) is 23.7 Å². The zero-order chi connectivity index (χ0) is 51.1. The Bertz CT molecular complexity index is 2210. The number of hydrogen-bond donors (Lipinski definition) is 0. The van der Waals surface area contributed by atoms with E-state index in [1.807, 2.05) is 36.9 Å². The first kappa shape index (κ1) is 58.2. The molecule has 4 fully saturated rings. The van der Waals surface area contributed by atoms with Gasteiger partial charge in [-0.1, -0.05) is 18.2 Å². The first-order chi connectivity index (χ1) is 34.5. The molecule has 0 spiro atoms. The molecule has 2 aliphatic heterocycles. The van der Waals surface area contributed by atoms with Crippen molar-refractivity contribution in [3.8, 4) is 0 Å². The molecule has 0 radical (unpaired) electrons. The molecule has 19 heteroatoms. The molecule has 2 saturated heterocycles. The number of rotatable bonds is 20. The molecule has 4 heterocycles. The van der Waals surface area contributed by atoms with Crippen molar-refractivity contribution in [1.82, 2.24) is 19.9 Å². The maximum absolute atomic E-state index is 14.3. The molecule has 4 aliphatic rings. The van der Waals surface area contributed by atoms with E-state index in [1.165, 1.54) is 54.2 Å². The Morgan fingerprint density at radius 2 is 1.10 bits per heavy atom. The number of anilines is 2. The van der Waals surface area contributed by atoms with Crippen molar-refractivity contribution < 1.29 is 63.1 Å². The molecule has 14 nitrogen and oxygen atoms in total. The Balaban J connectivity index is 0.000000232. The van der Waals surface area contributed by atoms with Crippen LogP contribution in [0.1, 0.15) is 80.2 Å². The summed E-state index contributed by atoms with van der Waals surface area (Å²) in [6.45, 7) is 14.6. The third-order valence-corrected chi connectivity index (χ3v) is 13.7. The number of benzene rings is 2. The van der Waals surface area contributed by atoms with E-state index >= 15 is 0 Å². The number of hydrogen-bond acceptors (Lipinski definition) is 14. The molecule has 0 N–H and O–H groups in total. The van der Waals surface area contributed by atoms with Gasteiger partial charge in [0.25, 0.3) is 0 Å². The average molecular weight is 1170 g/mol. The monoisotopic (exact) mass is 1160 g/mol. The number of ether oxygens (including phenoxy) is 6. The predicted octanol–water partition coefficient (Wildman–Crippen LogP) is 9.76. The summed E-state index contributed by atoms with van der Waals surface area (Å²) in [5, 5.41) is 0. The van der Waals surface area contributed by atoms with Gasteiger partial charge in [-0.2, -0.15) is 0 Å². The Kier molecular flexibility index (Phi) is 25.5. The summed E-state index contributed by atoms with van der Waals surface area (Å²) in [7, 11) is 3.34. The number of aromatic nitrogens is 4. The van der Waals surface area contributed by atoms with Crippen LogP contribution in [0, 0.1) is 54.1 Å². The number of carbonyl (C=O) groups is 2. The van der Waals surface area contributed by atoms with Crippen LogP contribution >= 0.6 is 29.6 Å². The molecular formula is C52H68Br2F2N6O8Zn. The molecular weight excluding hydrogens is 1100 g/mol. The van der Waals surface area contributed by atoms with E-state index in [-0.39, 0.29) is 18.1 Å². The summed E-state index contributed by atoms with van der Waals surface area (Å²) in [5.74, 6) is 4.33. The second-order valence-corrected chi connectivity index (χ2v) is 19.0. The number of piperidine rings is 2. The molecule has 2 aromatic heterocycles. The summed E-state index contributed by atoms with van der Waals surface area (Å²) >= 11 is 7.43. The second-order valence-electron chi connectivity index (χ2n) is 18.1. The van der Waals surface area contributed by atoms with E-state index in [2.05, 4.69) is 70.9 Å². The molecule has 71 heavy (non-hydrogen) atoms. The van der Waals surface area contributed by atoms with Crippen LogP contribution in [0.15, 0.2) is 65.7 Å². The first-order valence-electron chi connectivity index (χ1n) is 24.4. The van der Waals surface area contributed by atoms with Crippen LogP contribution in [0.3, 0.4) is 0 Å². The van der Waals surface area contributed by atoms with Gasteiger partial charge in [0, 0.05) is 76.3 Å². The molecule has 0 unspecified atom stereocenters. The fourth-order valence-corrected chi connectivity index (χ4v) is 9.52. The fourth-order valence-electron chi connectivity index (χ4n) is 9.28. The van der Waals surface area contributed by atoms with Crippen LogP contribution < -0.4 is 9.80 Å². The molecule has 2 aliphatic carbocycles. The molecule has 384 valence electrons. The summed E-state index contributed by atoms with van der Waals surface area (Å²) in [6.07, 6.45) is 14.5. The van der Waals surface area contributed by atoms with Crippen molar-refractivity contribution in [3.05, 3.63) is 112 Å². The number of halogens is 4. The van der Waals surface area contributed by atoms with E-state index in [0.717, 1.165) is 103 Å². The quantitative estimate of drug-likeness (QED) is 0.0470. The van der Waals surface area contributed by atoms with Crippen LogP contribution in [0.25, 0.3) is 0 Å². The molecule has 0 amide bonds.